The Labute approximate surface area is 82.7 Å². The fraction of sp³-hybridized carbons (Fsp3) is 1.00. The molecule has 0 aromatic heterocycles. The molecule has 0 fully saturated rings. The van der Waals surface area contributed by atoms with E-state index in [4.69, 9.17) is 9.78 Å². The fourth-order valence-corrected chi connectivity index (χ4v) is 1.01. The van der Waals surface area contributed by atoms with Crippen LogP contribution in [-0.2, 0) is 9.78 Å². The van der Waals surface area contributed by atoms with Crippen LogP contribution in [0.4, 0.5) is 0 Å². The van der Waals surface area contributed by atoms with Crippen LogP contribution >= 0.6 is 22.6 Å². The summed E-state index contributed by atoms with van der Waals surface area (Å²) in [6, 6.07) is 0. The smallest absolute Gasteiger partial charge is 0.0952 e. The van der Waals surface area contributed by atoms with Crippen LogP contribution in [0.15, 0.2) is 0 Å². The van der Waals surface area contributed by atoms with E-state index in [1.807, 2.05) is 20.8 Å². The van der Waals surface area contributed by atoms with Gasteiger partial charge in [0.05, 0.1) is 12.2 Å². The zero-order valence-electron chi connectivity index (χ0n) is 7.52. The molecular formula is C8H17IO2. The molecule has 0 saturated heterocycles. The van der Waals surface area contributed by atoms with Gasteiger partial charge in [-0.15, -0.1) is 0 Å². The van der Waals surface area contributed by atoms with Crippen LogP contribution in [0.1, 0.15) is 33.6 Å². The highest BCUT2D eigenvalue weighted by Crippen LogP contribution is 2.07. The molecule has 0 aliphatic heterocycles. The number of hydrogen-bond donors (Lipinski definition) is 0. The van der Waals surface area contributed by atoms with Gasteiger partial charge in [-0.1, -0.05) is 22.6 Å². The molecule has 3 heteroatoms. The lowest BCUT2D eigenvalue weighted by Crippen LogP contribution is -2.19. The summed E-state index contributed by atoms with van der Waals surface area (Å²) in [4.78, 5) is 10.1. The zero-order chi connectivity index (χ0) is 8.74. The van der Waals surface area contributed by atoms with E-state index in [0.717, 1.165) is 6.42 Å². The number of unbranched alkanes of at least 4 members (excludes halogenated alkanes) is 1. The van der Waals surface area contributed by atoms with Crippen LogP contribution in [0.3, 0.4) is 0 Å². The van der Waals surface area contributed by atoms with Gasteiger partial charge in [0, 0.05) is 0 Å². The number of halogens is 1. The third kappa shape index (κ3) is 10.7. The van der Waals surface area contributed by atoms with E-state index in [9.17, 15) is 0 Å². The molecule has 68 valence electrons. The molecule has 11 heavy (non-hydrogen) atoms. The zero-order valence-corrected chi connectivity index (χ0v) is 9.68. The molecule has 0 aliphatic rings. The Kier molecular flexibility index (Phi) is 6.56. The third-order valence-corrected chi connectivity index (χ3v) is 1.68. The highest BCUT2D eigenvalue weighted by atomic mass is 127. The molecule has 0 aromatic rings. The Bertz CT molecular complexity index is 88.6. The molecule has 0 heterocycles. The highest BCUT2D eigenvalue weighted by Gasteiger charge is 2.10. The van der Waals surface area contributed by atoms with Crippen molar-refractivity contribution in [2.45, 2.75) is 39.2 Å². The molecule has 2 nitrogen and oxygen atoms in total. The lowest BCUT2D eigenvalue weighted by atomic mass is 10.2. The maximum absolute atomic E-state index is 5.07. The summed E-state index contributed by atoms with van der Waals surface area (Å²) in [5.41, 5.74) is -0.176. The second-order valence-electron chi connectivity index (χ2n) is 3.41. The van der Waals surface area contributed by atoms with Crippen molar-refractivity contribution >= 4 is 22.6 Å². The molecule has 0 spiro atoms. The van der Waals surface area contributed by atoms with Crippen molar-refractivity contribution in [3.8, 4) is 0 Å². The van der Waals surface area contributed by atoms with Crippen LogP contribution in [0.5, 0.6) is 0 Å². The molecule has 0 rings (SSSR count). The van der Waals surface area contributed by atoms with E-state index < -0.39 is 0 Å². The van der Waals surface area contributed by atoms with Crippen molar-refractivity contribution in [1.82, 2.24) is 0 Å². The van der Waals surface area contributed by atoms with E-state index in [0.29, 0.717) is 6.61 Å². The molecule has 0 saturated carbocycles. The standard InChI is InChI=1S/C8H17IO2/c1-8(2,3)11-10-7-5-4-6-9/h4-7H2,1-3H3. The van der Waals surface area contributed by atoms with Gasteiger partial charge in [0.1, 0.15) is 0 Å². The molecule has 0 aliphatic carbocycles. The average Bonchev–Trinajstić information content (AvgIpc) is 1.85. The number of rotatable bonds is 5. The summed E-state index contributed by atoms with van der Waals surface area (Å²) in [7, 11) is 0. The number of alkyl halides is 1. The second kappa shape index (κ2) is 6.20. The summed E-state index contributed by atoms with van der Waals surface area (Å²) in [6.07, 6.45) is 2.28. The van der Waals surface area contributed by atoms with Crippen molar-refractivity contribution < 1.29 is 9.78 Å². The lowest BCUT2D eigenvalue weighted by Gasteiger charge is -2.17. The quantitative estimate of drug-likeness (QED) is 0.252. The van der Waals surface area contributed by atoms with Crippen molar-refractivity contribution in [2.75, 3.05) is 11.0 Å². The Hall–Kier alpha value is 0.650. The molecular weight excluding hydrogens is 255 g/mol. The highest BCUT2D eigenvalue weighted by molar-refractivity contribution is 14.1. The average molecular weight is 272 g/mol. The summed E-state index contributed by atoms with van der Waals surface area (Å²) in [6.45, 7) is 6.64. The minimum Gasteiger partial charge on any atom is -0.236 e. The summed E-state index contributed by atoms with van der Waals surface area (Å²) >= 11 is 2.36. The van der Waals surface area contributed by atoms with Crippen molar-refractivity contribution in [3.05, 3.63) is 0 Å². The maximum Gasteiger partial charge on any atom is 0.0952 e. The molecule has 0 bridgehead atoms. The molecule has 0 amide bonds. The first-order valence-electron chi connectivity index (χ1n) is 3.93. The predicted octanol–water partition coefficient (Wildman–Crippen LogP) is 2.95. The van der Waals surface area contributed by atoms with E-state index in [1.165, 1.54) is 10.8 Å². The first kappa shape index (κ1) is 11.6. The SMILES string of the molecule is CC(C)(C)OOCCCCI. The van der Waals surface area contributed by atoms with Gasteiger partial charge in [-0.05, 0) is 38.0 Å². The van der Waals surface area contributed by atoms with Crippen LogP contribution in [0.25, 0.3) is 0 Å². The molecule has 0 atom stereocenters. The minimum atomic E-state index is -0.176. The van der Waals surface area contributed by atoms with Crippen LogP contribution in [0, 0.1) is 0 Å². The summed E-state index contributed by atoms with van der Waals surface area (Å²) < 4.78 is 1.19. The molecule has 0 unspecified atom stereocenters. The van der Waals surface area contributed by atoms with Crippen molar-refractivity contribution in [3.63, 3.8) is 0 Å². The van der Waals surface area contributed by atoms with Gasteiger partial charge >= 0.3 is 0 Å². The van der Waals surface area contributed by atoms with E-state index in [2.05, 4.69) is 22.6 Å². The monoisotopic (exact) mass is 272 g/mol. The maximum atomic E-state index is 5.07. The largest absolute Gasteiger partial charge is 0.236 e. The van der Waals surface area contributed by atoms with E-state index in [-0.39, 0.29) is 5.60 Å². The van der Waals surface area contributed by atoms with E-state index >= 15 is 0 Å². The van der Waals surface area contributed by atoms with Crippen LogP contribution < -0.4 is 0 Å². The minimum absolute atomic E-state index is 0.176. The lowest BCUT2D eigenvalue weighted by molar-refractivity contribution is -0.348. The van der Waals surface area contributed by atoms with Gasteiger partial charge < -0.3 is 0 Å². The van der Waals surface area contributed by atoms with E-state index in [1.54, 1.807) is 0 Å². The second-order valence-corrected chi connectivity index (χ2v) is 4.49. The van der Waals surface area contributed by atoms with Gasteiger partial charge in [-0.2, -0.15) is 0 Å². The Morgan fingerprint density at radius 2 is 1.82 bits per heavy atom. The molecule has 0 aromatic carbocycles. The van der Waals surface area contributed by atoms with Crippen LogP contribution in [-0.4, -0.2) is 16.6 Å². The normalized spacial score (nSPS) is 12.0. The third-order valence-electron chi connectivity index (χ3n) is 0.920. The fourth-order valence-electron chi connectivity index (χ4n) is 0.474. The first-order valence-corrected chi connectivity index (χ1v) is 5.45. The van der Waals surface area contributed by atoms with Crippen molar-refractivity contribution in [2.24, 2.45) is 0 Å². The van der Waals surface area contributed by atoms with Crippen molar-refractivity contribution in [1.29, 1.82) is 0 Å². The van der Waals surface area contributed by atoms with Crippen LogP contribution in [0.2, 0.25) is 0 Å². The first-order chi connectivity index (χ1) is 5.06. The Balaban J connectivity index is 3.02. The van der Waals surface area contributed by atoms with Gasteiger partial charge in [0.25, 0.3) is 0 Å². The van der Waals surface area contributed by atoms with Gasteiger partial charge in [-0.3, -0.25) is 0 Å². The van der Waals surface area contributed by atoms with Gasteiger partial charge in [-0.25, -0.2) is 9.78 Å². The Morgan fingerprint density at radius 1 is 1.18 bits per heavy atom. The summed E-state index contributed by atoms with van der Waals surface area (Å²) in [5, 5.41) is 0. The molecule has 0 N–H and O–H groups in total. The van der Waals surface area contributed by atoms with Gasteiger partial charge in [0.15, 0.2) is 0 Å². The van der Waals surface area contributed by atoms with Gasteiger partial charge in [0.2, 0.25) is 0 Å². The number of hydrogen-bond acceptors (Lipinski definition) is 2. The summed E-state index contributed by atoms with van der Waals surface area (Å²) in [5.74, 6) is 0. The topological polar surface area (TPSA) is 18.5 Å². The molecule has 0 radical (unpaired) electrons. The Morgan fingerprint density at radius 3 is 2.27 bits per heavy atom. The predicted molar refractivity (Wildman–Crippen MR) is 54.9 cm³/mol.